The number of phenolic OH excluding ortho intramolecular Hbond substituents is 3. The highest BCUT2D eigenvalue weighted by Gasteiger charge is 2.53. The molecule has 16 atom stereocenters. The molecule has 2 unspecified atom stereocenters. The first-order valence-electron chi connectivity index (χ1n) is 16.0. The number of fused-ring (bicyclic) bond motifs is 1. The Bertz CT molecular complexity index is 1520. The highest BCUT2D eigenvalue weighted by Crippen LogP contribution is 2.44. The van der Waals surface area contributed by atoms with Crippen molar-refractivity contribution in [1.29, 1.82) is 0 Å². The van der Waals surface area contributed by atoms with Gasteiger partial charge in [-0.15, -0.1) is 0 Å². The molecule has 0 aromatic heterocycles. The number of hydrogen-bond acceptors (Lipinski definition) is 19. The molecule has 0 saturated carbocycles. The van der Waals surface area contributed by atoms with Crippen LogP contribution in [0, 0.1) is 0 Å². The largest absolute Gasteiger partial charge is 0.508 e. The van der Waals surface area contributed by atoms with Crippen molar-refractivity contribution >= 4 is 5.78 Å². The van der Waals surface area contributed by atoms with Crippen molar-refractivity contribution in [3.8, 4) is 23.0 Å². The van der Waals surface area contributed by atoms with Gasteiger partial charge in [0.1, 0.15) is 89.6 Å². The lowest BCUT2D eigenvalue weighted by Crippen LogP contribution is -2.64. The number of aromatic hydroxyl groups is 3. The highest BCUT2D eigenvalue weighted by atomic mass is 16.8. The number of carbonyl (C=O) groups excluding carboxylic acids is 1. The molecular formula is C32H40O19. The zero-order valence-electron chi connectivity index (χ0n) is 26.8. The van der Waals surface area contributed by atoms with Gasteiger partial charge >= 0.3 is 0 Å². The van der Waals surface area contributed by atoms with Crippen LogP contribution in [0.3, 0.4) is 0 Å². The van der Waals surface area contributed by atoms with E-state index in [9.17, 15) is 61.0 Å². The van der Waals surface area contributed by atoms with Crippen molar-refractivity contribution < 1.29 is 94.1 Å². The third-order valence-corrected chi connectivity index (χ3v) is 9.23. The molecule has 3 fully saturated rings. The lowest BCUT2D eigenvalue weighted by Gasteiger charge is -2.46. The van der Waals surface area contributed by atoms with E-state index in [4.69, 9.17) is 33.2 Å². The molecule has 0 spiro atoms. The zero-order chi connectivity index (χ0) is 36.9. The topological polar surface area (TPSA) is 304 Å². The SMILES string of the molecule is C[C@@H]1O[C@H](OC[C@H]2O[C@@H](OC3C(=O)c4c(O)cc(O)cc4OC3c3ccc(O)cc3)[C@H](O[C@@H]3OC[C@@H](O)[C@H](O)[C@H]3O)[C@@H](O)[C@@H]2O)[C@H](O)[C@H](O)[C@H]1O. The average molecular weight is 729 g/mol. The summed E-state index contributed by atoms with van der Waals surface area (Å²) in [6.07, 6.45) is -26.3. The van der Waals surface area contributed by atoms with E-state index in [1.54, 1.807) is 0 Å². The highest BCUT2D eigenvalue weighted by molar-refractivity contribution is 6.05. The maximum Gasteiger partial charge on any atom is 0.203 e. The number of Topliss-reactive ketones (excluding diaryl/α,β-unsaturated/α-hetero) is 1. The van der Waals surface area contributed by atoms with Gasteiger partial charge in [-0.3, -0.25) is 4.79 Å². The van der Waals surface area contributed by atoms with Crippen LogP contribution in [0.25, 0.3) is 0 Å². The van der Waals surface area contributed by atoms with Crippen molar-refractivity contribution in [2.45, 2.75) is 105 Å². The summed E-state index contributed by atoms with van der Waals surface area (Å²) in [4.78, 5) is 14.0. The van der Waals surface area contributed by atoms with Crippen LogP contribution in [0.1, 0.15) is 28.9 Å². The van der Waals surface area contributed by atoms with Crippen LogP contribution in [-0.2, 0) is 28.4 Å². The average Bonchev–Trinajstić information content (AvgIpc) is 3.09. The van der Waals surface area contributed by atoms with E-state index in [2.05, 4.69) is 0 Å². The number of phenols is 3. The summed E-state index contributed by atoms with van der Waals surface area (Å²) in [5.41, 5.74) is -0.127. The van der Waals surface area contributed by atoms with Crippen molar-refractivity contribution in [2.24, 2.45) is 0 Å². The fourth-order valence-electron chi connectivity index (χ4n) is 6.28. The first kappa shape index (κ1) is 37.5. The van der Waals surface area contributed by atoms with Gasteiger partial charge in [-0.25, -0.2) is 0 Å². The van der Waals surface area contributed by atoms with Crippen LogP contribution in [0.4, 0.5) is 0 Å². The van der Waals surface area contributed by atoms with Gasteiger partial charge in [-0.1, -0.05) is 12.1 Å². The van der Waals surface area contributed by atoms with Gasteiger partial charge in [0.15, 0.2) is 31.1 Å². The molecule has 11 N–H and O–H groups in total. The predicted molar refractivity (Wildman–Crippen MR) is 162 cm³/mol. The summed E-state index contributed by atoms with van der Waals surface area (Å²) in [7, 11) is 0. The number of hydrogen-bond donors (Lipinski definition) is 11. The van der Waals surface area contributed by atoms with Gasteiger partial charge in [0.2, 0.25) is 5.78 Å². The van der Waals surface area contributed by atoms with E-state index in [1.807, 2.05) is 0 Å². The Kier molecular flexibility index (Phi) is 11.0. The monoisotopic (exact) mass is 728 g/mol. The number of rotatable bonds is 8. The Labute approximate surface area is 288 Å². The second-order valence-corrected chi connectivity index (χ2v) is 12.8. The molecule has 3 saturated heterocycles. The minimum atomic E-state index is -1.97. The quantitative estimate of drug-likeness (QED) is 0.126. The first-order chi connectivity index (χ1) is 24.2. The molecule has 51 heavy (non-hydrogen) atoms. The van der Waals surface area contributed by atoms with Crippen LogP contribution in [0.15, 0.2) is 36.4 Å². The molecule has 282 valence electrons. The van der Waals surface area contributed by atoms with Gasteiger partial charge in [0.05, 0.1) is 19.3 Å². The van der Waals surface area contributed by atoms with Crippen LogP contribution < -0.4 is 4.74 Å². The van der Waals surface area contributed by atoms with Crippen molar-refractivity contribution in [3.05, 3.63) is 47.5 Å². The molecule has 0 bridgehead atoms. The number of aliphatic hydroxyl groups excluding tert-OH is 8. The van der Waals surface area contributed by atoms with Gasteiger partial charge in [-0.2, -0.15) is 0 Å². The summed E-state index contributed by atoms with van der Waals surface area (Å²) in [6.45, 7) is 0.274. The number of ketones is 1. The lowest BCUT2D eigenvalue weighted by atomic mass is 9.92. The molecule has 4 aliphatic rings. The Morgan fingerprint density at radius 1 is 0.725 bits per heavy atom. The smallest absolute Gasteiger partial charge is 0.203 e. The van der Waals surface area contributed by atoms with Gasteiger partial charge < -0.3 is 89.3 Å². The third kappa shape index (κ3) is 7.36. The van der Waals surface area contributed by atoms with Crippen molar-refractivity contribution in [1.82, 2.24) is 0 Å². The number of ether oxygens (including phenoxy) is 7. The molecule has 2 aromatic rings. The minimum Gasteiger partial charge on any atom is -0.508 e. The molecule has 4 heterocycles. The van der Waals surface area contributed by atoms with Crippen LogP contribution in [-0.4, -0.2) is 167 Å². The summed E-state index contributed by atoms with van der Waals surface area (Å²) >= 11 is 0. The zero-order valence-corrected chi connectivity index (χ0v) is 26.8. The van der Waals surface area contributed by atoms with E-state index in [-0.39, 0.29) is 22.6 Å². The van der Waals surface area contributed by atoms with E-state index in [0.717, 1.165) is 12.1 Å². The third-order valence-electron chi connectivity index (χ3n) is 9.23. The van der Waals surface area contributed by atoms with E-state index in [1.165, 1.54) is 31.2 Å². The molecule has 0 amide bonds. The number of carbonyl (C=O) groups is 1. The molecule has 19 heteroatoms. The normalized spacial score (nSPS) is 41.5. The van der Waals surface area contributed by atoms with E-state index in [0.29, 0.717) is 0 Å². The number of aliphatic hydroxyl groups is 8. The Balaban J connectivity index is 1.32. The number of benzene rings is 2. The second kappa shape index (κ2) is 15.0. The molecule has 6 rings (SSSR count). The van der Waals surface area contributed by atoms with Gasteiger partial charge in [0, 0.05) is 12.1 Å². The maximum atomic E-state index is 14.0. The second-order valence-electron chi connectivity index (χ2n) is 12.8. The molecule has 4 aliphatic heterocycles. The van der Waals surface area contributed by atoms with Crippen LogP contribution in [0.2, 0.25) is 0 Å². The van der Waals surface area contributed by atoms with E-state index >= 15 is 0 Å². The lowest BCUT2D eigenvalue weighted by molar-refractivity contribution is -0.367. The Hall–Kier alpha value is -3.25. The Morgan fingerprint density at radius 3 is 2.12 bits per heavy atom. The Morgan fingerprint density at radius 2 is 1.41 bits per heavy atom. The molecule has 0 radical (unpaired) electrons. The summed E-state index contributed by atoms with van der Waals surface area (Å²) in [5.74, 6) is -2.32. The first-order valence-corrected chi connectivity index (χ1v) is 16.0. The summed E-state index contributed by atoms with van der Waals surface area (Å²) in [6, 6.07) is 7.40. The molecule has 2 aromatic carbocycles. The molecular weight excluding hydrogens is 688 g/mol. The predicted octanol–water partition coefficient (Wildman–Crippen LogP) is -3.38. The fourth-order valence-corrected chi connectivity index (χ4v) is 6.28. The van der Waals surface area contributed by atoms with Gasteiger partial charge in [-0.05, 0) is 24.6 Å². The summed E-state index contributed by atoms with van der Waals surface area (Å²) in [5, 5.41) is 114. The van der Waals surface area contributed by atoms with Crippen LogP contribution >= 0.6 is 0 Å². The minimum absolute atomic E-state index is 0.125. The van der Waals surface area contributed by atoms with Crippen LogP contribution in [0.5, 0.6) is 23.0 Å². The van der Waals surface area contributed by atoms with E-state index < -0.39 is 129 Å². The molecule has 0 aliphatic carbocycles. The summed E-state index contributed by atoms with van der Waals surface area (Å²) < 4.78 is 40.2. The standard InChI is InChI=1S/C32H40O19/c1-10-19(37)23(41)26(44)30(47-10)46-9-17-21(39)24(42)29(51-31-25(43)20(38)15(36)8-45-31)32(49-17)50-28-22(40)18-14(35)6-13(34)7-16(18)48-27(28)11-2-4-12(33)5-3-11/h2-7,10,15,17,19-21,23-39,41-44H,8-9H2,1H3/t10-,15+,17+,19-,20-,21+,23+,24-,25+,26+,27?,28?,29+,30-,31-,32-/m0/s1. The maximum absolute atomic E-state index is 14.0. The van der Waals surface area contributed by atoms with Gasteiger partial charge in [0.25, 0.3) is 0 Å². The fraction of sp³-hybridized carbons (Fsp3) is 0.594. The molecule has 19 nitrogen and oxygen atoms in total. The van der Waals surface area contributed by atoms with Crippen molar-refractivity contribution in [2.75, 3.05) is 13.2 Å². The van der Waals surface area contributed by atoms with Crippen molar-refractivity contribution in [3.63, 3.8) is 0 Å².